The van der Waals surface area contributed by atoms with Crippen molar-refractivity contribution in [2.24, 2.45) is 11.8 Å². The number of benzene rings is 3. The van der Waals surface area contributed by atoms with Crippen molar-refractivity contribution in [1.82, 2.24) is 15.2 Å². The van der Waals surface area contributed by atoms with Crippen LogP contribution in [-0.2, 0) is 20.0 Å². The zero-order valence-electron chi connectivity index (χ0n) is 23.3. The lowest BCUT2D eigenvalue weighted by atomic mass is 9.94. The van der Waals surface area contributed by atoms with Gasteiger partial charge < -0.3 is 0 Å². The van der Waals surface area contributed by atoms with E-state index in [0.29, 0.717) is 18.8 Å². The first kappa shape index (κ1) is 30.2. The van der Waals surface area contributed by atoms with E-state index in [1.165, 1.54) is 52.8 Å². The Hall–Kier alpha value is -3.74. The van der Waals surface area contributed by atoms with E-state index in [4.69, 9.17) is 0 Å². The van der Waals surface area contributed by atoms with Gasteiger partial charge in [-0.25, -0.2) is 16.8 Å². The van der Waals surface area contributed by atoms with E-state index in [-0.39, 0.29) is 32.8 Å². The van der Waals surface area contributed by atoms with E-state index < -0.39 is 31.9 Å². The van der Waals surface area contributed by atoms with Gasteiger partial charge in [-0.1, -0.05) is 43.7 Å². The zero-order valence-corrected chi connectivity index (χ0v) is 25.0. The summed E-state index contributed by atoms with van der Waals surface area (Å²) in [5, 5.41) is 0. The lowest BCUT2D eigenvalue weighted by molar-refractivity contribution is 0.0846. The third-order valence-corrected chi connectivity index (χ3v) is 10.1. The molecule has 1 fully saturated rings. The molecule has 1 aliphatic heterocycles. The van der Waals surface area contributed by atoms with Gasteiger partial charge in [-0.3, -0.25) is 25.2 Å². The van der Waals surface area contributed by atoms with E-state index in [1.54, 1.807) is 19.1 Å². The van der Waals surface area contributed by atoms with Crippen LogP contribution in [0.2, 0.25) is 0 Å². The summed E-state index contributed by atoms with van der Waals surface area (Å²) in [5.74, 6) is -1.02. The number of amides is 2. The maximum Gasteiger partial charge on any atom is 0.269 e. The fraction of sp³-hybridized carbons (Fsp3) is 0.310. The fourth-order valence-electron chi connectivity index (χ4n) is 4.94. The summed E-state index contributed by atoms with van der Waals surface area (Å²) in [6.45, 7) is 8.54. The van der Waals surface area contributed by atoms with Gasteiger partial charge in [-0.2, -0.15) is 4.31 Å². The van der Waals surface area contributed by atoms with Crippen molar-refractivity contribution in [2.75, 3.05) is 17.8 Å². The number of hydrogen-bond donors (Lipinski definition) is 3. The van der Waals surface area contributed by atoms with Crippen LogP contribution in [0.1, 0.15) is 52.1 Å². The second kappa shape index (κ2) is 12.0. The molecular formula is C29H34N4O6S2. The Morgan fingerprint density at radius 2 is 1.29 bits per heavy atom. The standard InChI is InChI=1S/C29H34N4O6S2/c1-19-11-12-27(22(4)14-19)32-40(36,37)25-9-5-7-23(15-25)28(34)30-31-29(35)24-8-6-10-26(16-24)41(38,39)33-17-20(2)13-21(3)18-33/h5-12,14-16,20-21,32H,13,17-18H2,1-4H3,(H,30,34)(H,31,35)/t20-,21+. The van der Waals surface area contributed by atoms with Crippen LogP contribution in [0.4, 0.5) is 5.69 Å². The number of nitrogens with one attached hydrogen (secondary N) is 3. The fourth-order valence-corrected chi connectivity index (χ4v) is 7.85. The molecule has 10 nitrogen and oxygen atoms in total. The Morgan fingerprint density at radius 1 is 0.756 bits per heavy atom. The number of aryl methyl sites for hydroxylation is 2. The largest absolute Gasteiger partial charge is 0.279 e. The van der Waals surface area contributed by atoms with Crippen LogP contribution >= 0.6 is 0 Å². The van der Waals surface area contributed by atoms with E-state index in [2.05, 4.69) is 15.6 Å². The highest BCUT2D eigenvalue weighted by Crippen LogP contribution is 2.27. The molecule has 12 heteroatoms. The molecule has 1 heterocycles. The summed E-state index contributed by atoms with van der Waals surface area (Å²) in [6.07, 6.45) is 0.950. The predicted octanol–water partition coefficient (Wildman–Crippen LogP) is 3.85. The molecule has 1 saturated heterocycles. The molecule has 1 aliphatic rings. The molecule has 3 aromatic carbocycles. The molecule has 0 radical (unpaired) electrons. The first-order valence-corrected chi connectivity index (χ1v) is 16.1. The molecule has 3 N–H and O–H groups in total. The van der Waals surface area contributed by atoms with Gasteiger partial charge >= 0.3 is 0 Å². The molecule has 0 aliphatic carbocycles. The van der Waals surface area contributed by atoms with Crippen LogP contribution in [0, 0.1) is 25.7 Å². The smallest absolute Gasteiger partial charge is 0.269 e. The normalized spacial score (nSPS) is 18.0. The van der Waals surface area contributed by atoms with Crippen molar-refractivity contribution in [3.63, 3.8) is 0 Å². The Labute approximate surface area is 241 Å². The number of piperidine rings is 1. The second-order valence-electron chi connectivity index (χ2n) is 10.7. The van der Waals surface area contributed by atoms with Crippen LogP contribution in [-0.4, -0.2) is 46.0 Å². The average molecular weight is 599 g/mol. The number of carbonyl (C=O) groups is 2. The Morgan fingerprint density at radius 3 is 1.85 bits per heavy atom. The van der Waals surface area contributed by atoms with Gasteiger partial charge in [0.15, 0.2) is 0 Å². The SMILES string of the molecule is Cc1ccc(NS(=O)(=O)c2cccc(C(=O)NNC(=O)c3cccc(S(=O)(=O)N4C[C@H](C)C[C@H](C)C4)c3)c2)c(C)c1. The Balaban J connectivity index is 1.44. The number of sulfonamides is 2. The summed E-state index contributed by atoms with van der Waals surface area (Å²) in [4.78, 5) is 25.4. The van der Waals surface area contributed by atoms with Gasteiger partial charge in [-0.05, 0) is 80.1 Å². The van der Waals surface area contributed by atoms with Crippen LogP contribution in [0.25, 0.3) is 0 Å². The molecule has 218 valence electrons. The zero-order chi connectivity index (χ0) is 29.9. The third-order valence-electron chi connectivity index (χ3n) is 6.89. The number of rotatable bonds is 7. The van der Waals surface area contributed by atoms with Crippen LogP contribution in [0.5, 0.6) is 0 Å². The number of carbonyl (C=O) groups excluding carboxylic acids is 2. The Bertz CT molecular complexity index is 1680. The van der Waals surface area contributed by atoms with Crippen molar-refractivity contribution in [3.05, 3.63) is 89.0 Å². The highest BCUT2D eigenvalue weighted by Gasteiger charge is 2.32. The van der Waals surface area contributed by atoms with Crippen LogP contribution in [0.15, 0.2) is 76.5 Å². The maximum atomic E-state index is 13.2. The summed E-state index contributed by atoms with van der Waals surface area (Å²) in [5.41, 5.74) is 6.73. The molecule has 2 atom stereocenters. The minimum atomic E-state index is -3.99. The van der Waals surface area contributed by atoms with Crippen LogP contribution < -0.4 is 15.6 Å². The summed E-state index contributed by atoms with van der Waals surface area (Å²) < 4.78 is 56.4. The first-order chi connectivity index (χ1) is 19.3. The molecule has 0 saturated carbocycles. The van der Waals surface area contributed by atoms with Gasteiger partial charge in [0, 0.05) is 24.2 Å². The monoisotopic (exact) mass is 598 g/mol. The Kier molecular flexibility index (Phi) is 8.86. The molecule has 3 aromatic rings. The van der Waals surface area contributed by atoms with Crippen molar-refractivity contribution in [3.8, 4) is 0 Å². The lowest BCUT2D eigenvalue weighted by Gasteiger charge is -2.34. The molecular weight excluding hydrogens is 564 g/mol. The van der Waals surface area contributed by atoms with Gasteiger partial charge in [0.1, 0.15) is 0 Å². The predicted molar refractivity (Wildman–Crippen MR) is 156 cm³/mol. The van der Waals surface area contributed by atoms with E-state index in [0.717, 1.165) is 17.5 Å². The number of hydrazine groups is 1. The van der Waals surface area contributed by atoms with Gasteiger partial charge in [0.05, 0.1) is 15.5 Å². The van der Waals surface area contributed by atoms with E-state index >= 15 is 0 Å². The number of nitrogens with zero attached hydrogens (tertiary/aromatic N) is 1. The molecule has 4 rings (SSSR count). The van der Waals surface area contributed by atoms with Crippen molar-refractivity contribution in [1.29, 1.82) is 0 Å². The second-order valence-corrected chi connectivity index (χ2v) is 14.3. The molecule has 0 bridgehead atoms. The topological polar surface area (TPSA) is 142 Å². The summed E-state index contributed by atoms with van der Waals surface area (Å²) in [7, 11) is -7.79. The van der Waals surface area contributed by atoms with E-state index in [9.17, 15) is 26.4 Å². The average Bonchev–Trinajstić information content (AvgIpc) is 2.92. The minimum absolute atomic E-state index is 0.00142. The molecule has 0 spiro atoms. The van der Waals surface area contributed by atoms with E-state index in [1.807, 2.05) is 26.8 Å². The molecule has 0 aromatic heterocycles. The van der Waals surface area contributed by atoms with Crippen molar-refractivity contribution >= 4 is 37.5 Å². The van der Waals surface area contributed by atoms with Crippen molar-refractivity contribution < 1.29 is 26.4 Å². The summed E-state index contributed by atoms with van der Waals surface area (Å²) >= 11 is 0. The van der Waals surface area contributed by atoms with Gasteiger partial charge in [0.25, 0.3) is 21.8 Å². The van der Waals surface area contributed by atoms with Gasteiger partial charge in [-0.15, -0.1) is 0 Å². The maximum absolute atomic E-state index is 13.2. The molecule has 0 unspecified atom stereocenters. The quantitative estimate of drug-likeness (QED) is 0.353. The number of hydrogen-bond acceptors (Lipinski definition) is 6. The van der Waals surface area contributed by atoms with Gasteiger partial charge in [0.2, 0.25) is 10.0 Å². The van der Waals surface area contributed by atoms with Crippen molar-refractivity contribution in [2.45, 2.75) is 43.9 Å². The first-order valence-electron chi connectivity index (χ1n) is 13.2. The highest BCUT2D eigenvalue weighted by atomic mass is 32.2. The minimum Gasteiger partial charge on any atom is -0.279 e. The summed E-state index contributed by atoms with van der Waals surface area (Å²) in [6, 6.07) is 16.3. The molecule has 2 amide bonds. The third kappa shape index (κ3) is 7.13. The number of anilines is 1. The lowest BCUT2D eigenvalue weighted by Crippen LogP contribution is -2.43. The highest BCUT2D eigenvalue weighted by molar-refractivity contribution is 7.92. The molecule has 41 heavy (non-hydrogen) atoms. The van der Waals surface area contributed by atoms with Crippen LogP contribution in [0.3, 0.4) is 0 Å².